The number of benzene rings is 2. The Bertz CT molecular complexity index is 927. The van der Waals surface area contributed by atoms with Crippen molar-refractivity contribution in [1.29, 1.82) is 0 Å². The summed E-state index contributed by atoms with van der Waals surface area (Å²) in [6.45, 7) is -0.147. The number of ether oxygens (including phenoxy) is 1. The van der Waals surface area contributed by atoms with Crippen LogP contribution >= 0.6 is 0 Å². The van der Waals surface area contributed by atoms with Crippen molar-refractivity contribution >= 4 is 29.0 Å². The summed E-state index contributed by atoms with van der Waals surface area (Å²) in [6.07, 6.45) is 0.599. The minimum absolute atomic E-state index is 0.0311. The molecule has 0 unspecified atom stereocenters. The van der Waals surface area contributed by atoms with E-state index in [1.165, 1.54) is 17.1 Å². The van der Waals surface area contributed by atoms with Crippen LogP contribution in [0.25, 0.3) is 0 Å². The van der Waals surface area contributed by atoms with Gasteiger partial charge in [0.05, 0.1) is 22.7 Å². The summed E-state index contributed by atoms with van der Waals surface area (Å²) < 4.78 is 4.96. The van der Waals surface area contributed by atoms with E-state index >= 15 is 0 Å². The molecule has 27 heavy (non-hydrogen) atoms. The molecular formula is C18H16N4O5. The SMILES string of the molecule is Nc1ccc([N+](=O)[O-])cc1C(=O)OCC(=O)N1CCC(c2ccccc2)=N1. The lowest BCUT2D eigenvalue weighted by atomic mass is 10.1. The van der Waals surface area contributed by atoms with Gasteiger partial charge in [-0.3, -0.25) is 14.9 Å². The second-order valence-corrected chi connectivity index (χ2v) is 5.78. The molecule has 0 spiro atoms. The van der Waals surface area contributed by atoms with Gasteiger partial charge in [0, 0.05) is 24.2 Å². The number of nitro groups is 1. The van der Waals surface area contributed by atoms with Crippen molar-refractivity contribution in [3.05, 3.63) is 69.8 Å². The fourth-order valence-corrected chi connectivity index (χ4v) is 2.58. The highest BCUT2D eigenvalue weighted by molar-refractivity contribution is 6.03. The Labute approximate surface area is 154 Å². The van der Waals surface area contributed by atoms with Crippen LogP contribution in [0.3, 0.4) is 0 Å². The van der Waals surface area contributed by atoms with Gasteiger partial charge in [0.25, 0.3) is 11.6 Å². The number of nitrogens with zero attached hydrogens (tertiary/aromatic N) is 3. The van der Waals surface area contributed by atoms with Crippen LogP contribution in [0.15, 0.2) is 53.6 Å². The minimum Gasteiger partial charge on any atom is -0.452 e. The Hall–Kier alpha value is -3.75. The highest BCUT2D eigenvalue weighted by Crippen LogP contribution is 2.20. The number of carbonyl (C=O) groups excluding carboxylic acids is 2. The molecular weight excluding hydrogens is 352 g/mol. The number of esters is 1. The van der Waals surface area contributed by atoms with Gasteiger partial charge in [0.15, 0.2) is 6.61 Å². The normalized spacial score (nSPS) is 13.2. The van der Waals surface area contributed by atoms with Crippen molar-refractivity contribution in [3.8, 4) is 0 Å². The molecule has 2 aromatic carbocycles. The van der Waals surface area contributed by atoms with Crippen LogP contribution in [-0.4, -0.2) is 40.7 Å². The van der Waals surface area contributed by atoms with Gasteiger partial charge in [-0.25, -0.2) is 9.80 Å². The van der Waals surface area contributed by atoms with Crippen molar-refractivity contribution in [2.24, 2.45) is 5.10 Å². The Morgan fingerprint density at radius 3 is 2.67 bits per heavy atom. The monoisotopic (exact) mass is 368 g/mol. The highest BCUT2D eigenvalue weighted by atomic mass is 16.6. The molecule has 3 rings (SSSR count). The number of carbonyl (C=O) groups is 2. The number of amides is 1. The van der Waals surface area contributed by atoms with Crippen LogP contribution in [0.1, 0.15) is 22.3 Å². The first-order chi connectivity index (χ1) is 13.0. The summed E-state index contributed by atoms with van der Waals surface area (Å²) in [6, 6.07) is 12.9. The molecule has 0 atom stereocenters. The molecule has 0 fully saturated rings. The number of anilines is 1. The summed E-state index contributed by atoms with van der Waals surface area (Å²) in [7, 11) is 0. The smallest absolute Gasteiger partial charge is 0.341 e. The second kappa shape index (κ2) is 7.65. The molecule has 0 radical (unpaired) electrons. The predicted octanol–water partition coefficient (Wildman–Crippen LogP) is 1.97. The lowest BCUT2D eigenvalue weighted by Gasteiger charge is -2.12. The third-order valence-corrected chi connectivity index (χ3v) is 3.99. The van der Waals surface area contributed by atoms with Gasteiger partial charge < -0.3 is 10.5 Å². The average molecular weight is 368 g/mol. The van der Waals surface area contributed by atoms with E-state index in [1.54, 1.807) is 0 Å². The van der Waals surface area contributed by atoms with Crippen LogP contribution in [0, 0.1) is 10.1 Å². The van der Waals surface area contributed by atoms with Gasteiger partial charge in [0.1, 0.15) is 0 Å². The molecule has 0 aliphatic carbocycles. The Morgan fingerprint density at radius 2 is 1.96 bits per heavy atom. The van der Waals surface area contributed by atoms with E-state index in [9.17, 15) is 19.7 Å². The van der Waals surface area contributed by atoms with E-state index < -0.39 is 23.4 Å². The first-order valence-corrected chi connectivity index (χ1v) is 8.10. The third kappa shape index (κ3) is 4.09. The maximum absolute atomic E-state index is 12.2. The van der Waals surface area contributed by atoms with E-state index in [0.29, 0.717) is 13.0 Å². The highest BCUT2D eigenvalue weighted by Gasteiger charge is 2.23. The van der Waals surface area contributed by atoms with Gasteiger partial charge in [0.2, 0.25) is 0 Å². The summed E-state index contributed by atoms with van der Waals surface area (Å²) in [5.74, 6) is -1.39. The molecule has 0 aromatic heterocycles. The number of hydrazone groups is 1. The number of hydrogen-bond donors (Lipinski definition) is 1. The molecule has 0 saturated carbocycles. The molecule has 2 aromatic rings. The van der Waals surface area contributed by atoms with Crippen LogP contribution in [-0.2, 0) is 9.53 Å². The number of hydrogen-bond acceptors (Lipinski definition) is 7. The van der Waals surface area contributed by atoms with Gasteiger partial charge >= 0.3 is 5.97 Å². The molecule has 138 valence electrons. The number of nitrogens with two attached hydrogens (primary N) is 1. The Morgan fingerprint density at radius 1 is 1.22 bits per heavy atom. The quantitative estimate of drug-likeness (QED) is 0.372. The minimum atomic E-state index is -0.906. The van der Waals surface area contributed by atoms with Gasteiger partial charge in [-0.2, -0.15) is 5.10 Å². The van der Waals surface area contributed by atoms with Crippen molar-refractivity contribution < 1.29 is 19.2 Å². The van der Waals surface area contributed by atoms with E-state index in [4.69, 9.17) is 10.5 Å². The van der Waals surface area contributed by atoms with Crippen LogP contribution in [0.5, 0.6) is 0 Å². The largest absolute Gasteiger partial charge is 0.452 e. The van der Waals surface area contributed by atoms with Crippen molar-refractivity contribution in [2.75, 3.05) is 18.9 Å². The van der Waals surface area contributed by atoms with E-state index in [0.717, 1.165) is 17.3 Å². The van der Waals surface area contributed by atoms with Gasteiger partial charge in [-0.15, -0.1) is 0 Å². The zero-order valence-electron chi connectivity index (χ0n) is 14.2. The molecule has 1 aliphatic rings. The predicted molar refractivity (Wildman–Crippen MR) is 97.1 cm³/mol. The maximum atomic E-state index is 12.2. The molecule has 9 nitrogen and oxygen atoms in total. The Balaban J connectivity index is 1.63. The van der Waals surface area contributed by atoms with Crippen LogP contribution in [0.2, 0.25) is 0 Å². The zero-order valence-corrected chi connectivity index (χ0v) is 14.2. The topological polar surface area (TPSA) is 128 Å². The third-order valence-electron chi connectivity index (χ3n) is 3.99. The summed E-state index contributed by atoms with van der Waals surface area (Å²) in [5.41, 5.74) is 6.94. The van der Waals surface area contributed by atoms with Crippen LogP contribution < -0.4 is 5.73 Å². The molecule has 1 amide bonds. The van der Waals surface area contributed by atoms with E-state index in [-0.39, 0.29) is 16.9 Å². The molecule has 0 saturated heterocycles. The first kappa shape index (κ1) is 18.1. The summed E-state index contributed by atoms with van der Waals surface area (Å²) >= 11 is 0. The van der Waals surface area contributed by atoms with Crippen molar-refractivity contribution in [2.45, 2.75) is 6.42 Å². The number of rotatable bonds is 5. The lowest BCUT2D eigenvalue weighted by Crippen LogP contribution is -2.29. The van der Waals surface area contributed by atoms with Crippen molar-refractivity contribution in [1.82, 2.24) is 5.01 Å². The van der Waals surface area contributed by atoms with Crippen LogP contribution in [0.4, 0.5) is 11.4 Å². The fourth-order valence-electron chi connectivity index (χ4n) is 2.58. The van der Waals surface area contributed by atoms with E-state index in [1.807, 2.05) is 30.3 Å². The Kier molecular flexibility index (Phi) is 5.11. The van der Waals surface area contributed by atoms with E-state index in [2.05, 4.69) is 5.10 Å². The van der Waals surface area contributed by atoms with Gasteiger partial charge in [-0.05, 0) is 11.6 Å². The lowest BCUT2D eigenvalue weighted by molar-refractivity contribution is -0.384. The number of nitro benzene ring substituents is 1. The maximum Gasteiger partial charge on any atom is 0.341 e. The molecule has 2 N–H and O–H groups in total. The second-order valence-electron chi connectivity index (χ2n) is 5.78. The molecule has 1 heterocycles. The standard InChI is InChI=1S/C18H16N4O5/c19-15-7-6-13(22(25)26)10-14(15)18(24)27-11-17(23)21-9-8-16(20-21)12-4-2-1-3-5-12/h1-7,10H,8-9,11,19H2. The molecule has 0 bridgehead atoms. The number of non-ortho nitro benzene ring substituents is 1. The number of nitrogen functional groups attached to an aromatic ring is 1. The molecule has 9 heteroatoms. The summed E-state index contributed by atoms with van der Waals surface area (Å²) in [4.78, 5) is 34.5. The summed E-state index contributed by atoms with van der Waals surface area (Å²) in [5, 5.41) is 16.3. The average Bonchev–Trinajstić information content (AvgIpc) is 3.17. The van der Waals surface area contributed by atoms with Crippen molar-refractivity contribution in [3.63, 3.8) is 0 Å². The molecule has 1 aliphatic heterocycles. The van der Waals surface area contributed by atoms with Gasteiger partial charge in [-0.1, -0.05) is 30.3 Å². The first-order valence-electron chi connectivity index (χ1n) is 8.10. The zero-order chi connectivity index (χ0) is 19.4. The fraction of sp³-hybridized carbons (Fsp3) is 0.167.